The second-order valence-electron chi connectivity index (χ2n) is 6.72. The molecule has 2 aromatic rings. The molecule has 0 aliphatic heterocycles. The summed E-state index contributed by atoms with van der Waals surface area (Å²) in [5.41, 5.74) is -1.99. The van der Waals surface area contributed by atoms with Crippen LogP contribution in [0.25, 0.3) is 0 Å². The van der Waals surface area contributed by atoms with E-state index in [1.807, 2.05) is 0 Å². The van der Waals surface area contributed by atoms with E-state index < -0.39 is 33.9 Å². The largest absolute Gasteiger partial charge is 0.460 e. The van der Waals surface area contributed by atoms with E-state index in [2.05, 4.69) is 5.32 Å². The maximum absolute atomic E-state index is 12.8. The van der Waals surface area contributed by atoms with Crippen LogP contribution in [0.1, 0.15) is 29.8 Å². The number of ether oxygens (including phenoxy) is 2. The van der Waals surface area contributed by atoms with Gasteiger partial charge in [-0.2, -0.15) is 13.2 Å². The first-order valence-corrected chi connectivity index (χ1v) is 10.4. The molecule has 0 saturated heterocycles. The lowest BCUT2D eigenvalue weighted by atomic mass is 10.1. The van der Waals surface area contributed by atoms with Crippen molar-refractivity contribution in [3.8, 4) is 11.5 Å². The molecule has 2 amide bonds. The maximum Gasteiger partial charge on any atom is 0.416 e. The Hall–Kier alpha value is -3.54. The molecule has 0 radical (unpaired) electrons. The number of carbonyl (C=O) groups is 2. The van der Waals surface area contributed by atoms with Crippen LogP contribution < -0.4 is 10.1 Å². The molecule has 1 N–H and O–H groups in total. The van der Waals surface area contributed by atoms with Gasteiger partial charge in [-0.05, 0) is 38.1 Å². The standard InChI is InChI=1S/C21H21ClF3N3O6/c1-3-27(4-2)20(30)26-9-10-33-19(29)15-12-14(6-7-17(15)28(31)32)34-18-8-5-13(11-16(18)22)21(23,24)25/h5-8,11-12H,3-4,9-10H2,1-2H3,(H,26,30). The third-order valence-corrected chi connectivity index (χ3v) is 4.83. The van der Waals surface area contributed by atoms with E-state index in [1.54, 1.807) is 13.8 Å². The van der Waals surface area contributed by atoms with E-state index >= 15 is 0 Å². The van der Waals surface area contributed by atoms with Crippen molar-refractivity contribution in [1.29, 1.82) is 0 Å². The van der Waals surface area contributed by atoms with Gasteiger partial charge < -0.3 is 19.7 Å². The number of rotatable bonds is 9. The van der Waals surface area contributed by atoms with Gasteiger partial charge in [-0.1, -0.05) is 11.6 Å². The van der Waals surface area contributed by atoms with Gasteiger partial charge >= 0.3 is 18.2 Å². The molecule has 13 heteroatoms. The first-order chi connectivity index (χ1) is 16.0. The van der Waals surface area contributed by atoms with Crippen LogP contribution in [-0.4, -0.2) is 48.1 Å². The zero-order chi connectivity index (χ0) is 25.5. The fourth-order valence-electron chi connectivity index (χ4n) is 2.79. The Morgan fingerprint density at radius 3 is 2.38 bits per heavy atom. The zero-order valence-corrected chi connectivity index (χ0v) is 18.9. The average molecular weight is 504 g/mol. The van der Waals surface area contributed by atoms with Gasteiger partial charge in [0.1, 0.15) is 23.7 Å². The van der Waals surface area contributed by atoms with Crippen molar-refractivity contribution in [3.63, 3.8) is 0 Å². The van der Waals surface area contributed by atoms with Crippen molar-refractivity contribution in [1.82, 2.24) is 10.2 Å². The molecule has 0 aliphatic rings. The van der Waals surface area contributed by atoms with E-state index in [0.29, 0.717) is 19.2 Å². The monoisotopic (exact) mass is 503 g/mol. The summed E-state index contributed by atoms with van der Waals surface area (Å²) >= 11 is 5.86. The molecule has 34 heavy (non-hydrogen) atoms. The highest BCUT2D eigenvalue weighted by molar-refractivity contribution is 6.32. The number of alkyl halides is 3. The Labute approximate surface area is 197 Å². The summed E-state index contributed by atoms with van der Waals surface area (Å²) in [5.74, 6) is -1.29. The lowest BCUT2D eigenvalue weighted by Crippen LogP contribution is -2.41. The van der Waals surface area contributed by atoms with Crippen LogP contribution in [0.15, 0.2) is 36.4 Å². The quantitative estimate of drug-likeness (QED) is 0.216. The minimum atomic E-state index is -4.60. The van der Waals surface area contributed by atoms with Gasteiger partial charge in [0.2, 0.25) is 0 Å². The number of nitro groups is 1. The Morgan fingerprint density at radius 1 is 1.15 bits per heavy atom. The van der Waals surface area contributed by atoms with Crippen LogP contribution >= 0.6 is 11.6 Å². The first kappa shape index (κ1) is 26.7. The molecule has 0 aliphatic carbocycles. The zero-order valence-electron chi connectivity index (χ0n) is 18.1. The Balaban J connectivity index is 2.13. The van der Waals surface area contributed by atoms with Gasteiger partial charge in [-0.3, -0.25) is 10.1 Å². The predicted molar refractivity (Wildman–Crippen MR) is 116 cm³/mol. The second kappa shape index (κ2) is 11.5. The molecule has 9 nitrogen and oxygen atoms in total. The number of nitro benzene ring substituents is 1. The molecular formula is C21H21ClF3N3O6. The third kappa shape index (κ3) is 6.98. The summed E-state index contributed by atoms with van der Waals surface area (Å²) in [6.07, 6.45) is -4.60. The van der Waals surface area contributed by atoms with E-state index in [0.717, 1.165) is 30.3 Å². The molecule has 0 aromatic heterocycles. The number of hydrogen-bond acceptors (Lipinski definition) is 6. The Morgan fingerprint density at radius 2 is 1.82 bits per heavy atom. The minimum Gasteiger partial charge on any atom is -0.460 e. The molecule has 0 unspecified atom stereocenters. The normalized spacial score (nSPS) is 11.0. The highest BCUT2D eigenvalue weighted by atomic mass is 35.5. The van der Waals surface area contributed by atoms with E-state index in [-0.39, 0.29) is 35.7 Å². The highest BCUT2D eigenvalue weighted by Gasteiger charge is 2.31. The summed E-state index contributed by atoms with van der Waals surface area (Å²) in [6, 6.07) is 5.24. The fourth-order valence-corrected chi connectivity index (χ4v) is 3.01. The van der Waals surface area contributed by atoms with E-state index in [1.165, 1.54) is 4.90 Å². The van der Waals surface area contributed by atoms with Crippen molar-refractivity contribution >= 4 is 29.3 Å². The van der Waals surface area contributed by atoms with Gasteiger partial charge in [0.25, 0.3) is 5.69 Å². The molecule has 2 rings (SSSR count). The van der Waals surface area contributed by atoms with E-state index in [4.69, 9.17) is 21.1 Å². The van der Waals surface area contributed by atoms with Gasteiger partial charge in [0.05, 0.1) is 22.1 Å². The molecule has 0 spiro atoms. The summed E-state index contributed by atoms with van der Waals surface area (Å²) in [4.78, 5) is 36.3. The number of halogens is 4. The minimum absolute atomic E-state index is 0.0216. The van der Waals surface area contributed by atoms with Gasteiger partial charge in [0, 0.05) is 25.2 Å². The number of benzene rings is 2. The van der Waals surface area contributed by atoms with Crippen molar-refractivity contribution < 1.29 is 37.2 Å². The molecule has 184 valence electrons. The van der Waals surface area contributed by atoms with Gasteiger partial charge in [-0.25, -0.2) is 9.59 Å². The summed E-state index contributed by atoms with van der Waals surface area (Å²) in [6.45, 7) is 4.31. The fraction of sp³-hybridized carbons (Fsp3) is 0.333. The van der Waals surface area contributed by atoms with Crippen LogP contribution in [-0.2, 0) is 10.9 Å². The average Bonchev–Trinajstić information content (AvgIpc) is 2.77. The van der Waals surface area contributed by atoms with Crippen LogP contribution in [0.5, 0.6) is 11.5 Å². The molecule has 0 heterocycles. The lowest BCUT2D eigenvalue weighted by molar-refractivity contribution is -0.385. The summed E-state index contributed by atoms with van der Waals surface area (Å²) in [7, 11) is 0. The van der Waals surface area contributed by atoms with Crippen molar-refractivity contribution in [2.75, 3.05) is 26.2 Å². The molecular weight excluding hydrogens is 483 g/mol. The Kier molecular flexibility index (Phi) is 9.07. The van der Waals surface area contributed by atoms with Gasteiger partial charge in [0.15, 0.2) is 0 Å². The number of esters is 1. The molecule has 0 atom stereocenters. The smallest absolute Gasteiger partial charge is 0.416 e. The topological polar surface area (TPSA) is 111 Å². The lowest BCUT2D eigenvalue weighted by Gasteiger charge is -2.19. The molecule has 0 saturated carbocycles. The van der Waals surface area contributed by atoms with Crippen molar-refractivity contribution in [2.24, 2.45) is 0 Å². The van der Waals surface area contributed by atoms with Crippen LogP contribution in [0.2, 0.25) is 5.02 Å². The van der Waals surface area contributed by atoms with Crippen LogP contribution in [0.3, 0.4) is 0 Å². The molecule has 0 fully saturated rings. The number of nitrogens with one attached hydrogen (secondary N) is 1. The number of nitrogens with zero attached hydrogens (tertiary/aromatic N) is 2. The summed E-state index contributed by atoms with van der Waals surface area (Å²) < 4.78 is 48.8. The highest BCUT2D eigenvalue weighted by Crippen LogP contribution is 2.37. The Bertz CT molecular complexity index is 1060. The SMILES string of the molecule is CCN(CC)C(=O)NCCOC(=O)c1cc(Oc2ccc(C(F)(F)F)cc2Cl)ccc1[N+](=O)[O-]. The number of carbonyl (C=O) groups excluding carboxylic acids is 2. The summed E-state index contributed by atoms with van der Waals surface area (Å²) in [5, 5.41) is 13.5. The van der Waals surface area contributed by atoms with Crippen molar-refractivity contribution in [2.45, 2.75) is 20.0 Å². The van der Waals surface area contributed by atoms with Crippen LogP contribution in [0.4, 0.5) is 23.7 Å². The number of urea groups is 1. The van der Waals surface area contributed by atoms with Crippen molar-refractivity contribution in [3.05, 3.63) is 62.7 Å². The van der Waals surface area contributed by atoms with Crippen LogP contribution in [0, 0.1) is 10.1 Å². The number of amides is 2. The maximum atomic E-state index is 12.8. The predicted octanol–water partition coefficient (Wildman–Crippen LogP) is 5.27. The molecule has 2 aromatic carbocycles. The number of hydrogen-bond donors (Lipinski definition) is 1. The van der Waals surface area contributed by atoms with Gasteiger partial charge in [-0.15, -0.1) is 0 Å². The molecule has 0 bridgehead atoms. The first-order valence-electron chi connectivity index (χ1n) is 10.0. The third-order valence-electron chi connectivity index (χ3n) is 4.53. The second-order valence-corrected chi connectivity index (χ2v) is 7.13. The van der Waals surface area contributed by atoms with E-state index in [9.17, 15) is 32.9 Å².